The molecule has 5 heteroatoms. The van der Waals surface area contributed by atoms with Crippen molar-refractivity contribution in [3.8, 4) is 0 Å². The molecule has 0 heterocycles. The zero-order valence-corrected chi connectivity index (χ0v) is 9.44. The largest absolute Gasteiger partial charge is 0.394 e. The molecule has 0 saturated heterocycles. The maximum Gasteiger partial charge on any atom is 0.394 e. The van der Waals surface area contributed by atoms with Gasteiger partial charge in [-0.3, -0.25) is 9.11 Å². The van der Waals surface area contributed by atoms with Gasteiger partial charge in [0, 0.05) is 0 Å². The van der Waals surface area contributed by atoms with Crippen molar-refractivity contribution in [2.24, 2.45) is 0 Å². The molecular weight excluding hydrogens is 216 g/mol. The van der Waals surface area contributed by atoms with Crippen LogP contribution in [0.4, 0.5) is 0 Å². The molecule has 4 nitrogen and oxygen atoms in total. The van der Waals surface area contributed by atoms with Crippen LogP contribution in [-0.4, -0.2) is 17.5 Å². The lowest BCUT2D eigenvalue weighted by atomic mass is 10.1. The number of rotatable bonds is 3. The molecule has 1 aromatic rings. The summed E-state index contributed by atoms with van der Waals surface area (Å²) in [5.41, 5.74) is 1.46. The molecule has 15 heavy (non-hydrogen) atoms. The Morgan fingerprint density at radius 3 is 2.00 bits per heavy atom. The smallest absolute Gasteiger partial charge is 0.264 e. The molecule has 0 aromatic heterocycles. The van der Waals surface area contributed by atoms with Gasteiger partial charge in [0.15, 0.2) is 0 Å². The molecule has 0 unspecified atom stereocenters. The number of benzene rings is 1. The van der Waals surface area contributed by atoms with Crippen LogP contribution in [0, 0.1) is 0 Å². The van der Waals surface area contributed by atoms with Crippen LogP contribution < -0.4 is 0 Å². The topological polar surface area (TPSA) is 74.6 Å². The Hall–Kier alpha value is -0.910. The van der Waals surface area contributed by atoms with E-state index in [0.29, 0.717) is 0 Å². The van der Waals surface area contributed by atoms with Gasteiger partial charge in [-0.05, 0) is 18.4 Å². The van der Waals surface area contributed by atoms with Crippen molar-refractivity contribution in [2.45, 2.75) is 26.2 Å². The second-order valence-corrected chi connectivity index (χ2v) is 3.93. The summed E-state index contributed by atoms with van der Waals surface area (Å²) in [6.45, 7) is 2.23. The molecule has 2 N–H and O–H groups in total. The molecular formula is C10H16O4S. The van der Waals surface area contributed by atoms with E-state index >= 15 is 0 Å². The van der Waals surface area contributed by atoms with Crippen LogP contribution in [0.25, 0.3) is 0 Å². The SMILES string of the molecule is CCCCc1ccccc1.O=S(=O)(O)O. The molecule has 86 valence electrons. The Morgan fingerprint density at radius 1 is 1.13 bits per heavy atom. The predicted molar refractivity (Wildman–Crippen MR) is 59.2 cm³/mol. The van der Waals surface area contributed by atoms with Crippen LogP contribution in [-0.2, 0) is 16.8 Å². The van der Waals surface area contributed by atoms with Gasteiger partial charge in [-0.1, -0.05) is 43.7 Å². The highest BCUT2D eigenvalue weighted by atomic mass is 32.3. The first-order valence-corrected chi connectivity index (χ1v) is 6.07. The fraction of sp³-hybridized carbons (Fsp3) is 0.400. The Balaban J connectivity index is 0.000000336. The quantitative estimate of drug-likeness (QED) is 0.784. The molecule has 0 aliphatic carbocycles. The van der Waals surface area contributed by atoms with Crippen molar-refractivity contribution < 1.29 is 17.5 Å². The van der Waals surface area contributed by atoms with Crippen LogP contribution in [0.15, 0.2) is 30.3 Å². The molecule has 0 bridgehead atoms. The minimum absolute atomic E-state index is 1.23. The lowest BCUT2D eigenvalue weighted by molar-refractivity contribution is 0.381. The van der Waals surface area contributed by atoms with E-state index in [2.05, 4.69) is 37.3 Å². The summed E-state index contributed by atoms with van der Waals surface area (Å²) < 4.78 is 31.6. The molecule has 0 saturated carbocycles. The minimum Gasteiger partial charge on any atom is -0.264 e. The van der Waals surface area contributed by atoms with E-state index in [1.807, 2.05) is 0 Å². The second kappa shape index (κ2) is 7.39. The Bertz CT molecular complexity index is 337. The molecule has 0 atom stereocenters. The minimum atomic E-state index is -4.67. The normalized spacial score (nSPS) is 10.3. The Labute approximate surface area is 90.5 Å². The van der Waals surface area contributed by atoms with E-state index in [-0.39, 0.29) is 0 Å². The van der Waals surface area contributed by atoms with Crippen LogP contribution in [0.3, 0.4) is 0 Å². The molecule has 0 amide bonds. The molecule has 0 aliphatic heterocycles. The predicted octanol–water partition coefficient (Wildman–Crippen LogP) is 2.38. The number of hydrogen-bond donors (Lipinski definition) is 2. The molecule has 1 rings (SSSR count). The first-order valence-electron chi connectivity index (χ1n) is 4.67. The summed E-state index contributed by atoms with van der Waals surface area (Å²) in [7, 11) is -4.67. The third kappa shape index (κ3) is 13.1. The molecule has 0 spiro atoms. The fourth-order valence-corrected chi connectivity index (χ4v) is 1.03. The van der Waals surface area contributed by atoms with E-state index in [1.54, 1.807) is 0 Å². The first-order chi connectivity index (χ1) is 6.93. The highest BCUT2D eigenvalue weighted by Gasteiger charge is 1.87. The van der Waals surface area contributed by atoms with Gasteiger partial charge >= 0.3 is 10.4 Å². The average molecular weight is 232 g/mol. The van der Waals surface area contributed by atoms with Crippen LogP contribution >= 0.6 is 0 Å². The highest BCUT2D eigenvalue weighted by molar-refractivity contribution is 7.79. The van der Waals surface area contributed by atoms with Gasteiger partial charge in [0.1, 0.15) is 0 Å². The number of hydrogen-bond acceptors (Lipinski definition) is 2. The van der Waals surface area contributed by atoms with E-state index in [9.17, 15) is 0 Å². The van der Waals surface area contributed by atoms with Crippen molar-refractivity contribution in [1.29, 1.82) is 0 Å². The lowest BCUT2D eigenvalue weighted by Crippen LogP contribution is -1.89. The molecule has 0 fully saturated rings. The fourth-order valence-electron chi connectivity index (χ4n) is 1.03. The summed E-state index contributed by atoms with van der Waals surface area (Å²) >= 11 is 0. The van der Waals surface area contributed by atoms with Crippen molar-refractivity contribution in [3.05, 3.63) is 35.9 Å². The van der Waals surface area contributed by atoms with Gasteiger partial charge in [0.2, 0.25) is 0 Å². The van der Waals surface area contributed by atoms with Gasteiger partial charge in [0.25, 0.3) is 0 Å². The van der Waals surface area contributed by atoms with E-state index < -0.39 is 10.4 Å². The molecule has 0 radical (unpaired) electrons. The standard InChI is InChI=1S/C10H14.H2O4S/c1-2-3-7-10-8-5-4-6-9-10;1-5(2,3)4/h4-6,8-9H,2-3,7H2,1H3;(H2,1,2,3,4). The summed E-state index contributed by atoms with van der Waals surface area (Å²) in [5, 5.41) is 0. The summed E-state index contributed by atoms with van der Waals surface area (Å²) in [4.78, 5) is 0. The van der Waals surface area contributed by atoms with E-state index in [4.69, 9.17) is 17.5 Å². The second-order valence-electron chi connectivity index (χ2n) is 3.04. The zero-order valence-electron chi connectivity index (χ0n) is 8.63. The van der Waals surface area contributed by atoms with E-state index in [1.165, 1.54) is 24.8 Å². The van der Waals surface area contributed by atoms with Gasteiger partial charge in [0.05, 0.1) is 0 Å². The summed E-state index contributed by atoms with van der Waals surface area (Å²) in [6, 6.07) is 10.6. The van der Waals surface area contributed by atoms with Gasteiger partial charge in [-0.2, -0.15) is 8.42 Å². The third-order valence-corrected chi connectivity index (χ3v) is 1.66. The molecule has 0 aliphatic rings. The number of unbranched alkanes of at least 4 members (excludes halogenated alkanes) is 1. The zero-order chi connectivity index (χ0) is 11.7. The maximum absolute atomic E-state index is 8.74. The van der Waals surface area contributed by atoms with Crippen molar-refractivity contribution in [3.63, 3.8) is 0 Å². The van der Waals surface area contributed by atoms with E-state index in [0.717, 1.165) is 0 Å². The third-order valence-electron chi connectivity index (χ3n) is 1.66. The molecule has 1 aromatic carbocycles. The van der Waals surface area contributed by atoms with Crippen molar-refractivity contribution >= 4 is 10.4 Å². The highest BCUT2D eigenvalue weighted by Crippen LogP contribution is 2.03. The Kier molecular flexibility index (Phi) is 6.94. The summed E-state index contributed by atoms with van der Waals surface area (Å²) in [5.74, 6) is 0. The van der Waals surface area contributed by atoms with Crippen molar-refractivity contribution in [2.75, 3.05) is 0 Å². The Morgan fingerprint density at radius 2 is 1.60 bits per heavy atom. The van der Waals surface area contributed by atoms with Crippen LogP contribution in [0.2, 0.25) is 0 Å². The summed E-state index contributed by atoms with van der Waals surface area (Å²) in [6.07, 6.45) is 3.83. The first kappa shape index (κ1) is 14.1. The number of aryl methyl sites for hydroxylation is 1. The maximum atomic E-state index is 8.74. The van der Waals surface area contributed by atoms with Crippen molar-refractivity contribution in [1.82, 2.24) is 0 Å². The monoisotopic (exact) mass is 232 g/mol. The van der Waals surface area contributed by atoms with Gasteiger partial charge in [-0.25, -0.2) is 0 Å². The van der Waals surface area contributed by atoms with Gasteiger partial charge in [-0.15, -0.1) is 0 Å². The lowest BCUT2D eigenvalue weighted by Gasteiger charge is -1.96. The average Bonchev–Trinajstić information content (AvgIpc) is 2.14. The van der Waals surface area contributed by atoms with Gasteiger partial charge < -0.3 is 0 Å². The van der Waals surface area contributed by atoms with Crippen LogP contribution in [0.1, 0.15) is 25.3 Å². The van der Waals surface area contributed by atoms with Crippen LogP contribution in [0.5, 0.6) is 0 Å².